The van der Waals surface area contributed by atoms with E-state index in [9.17, 15) is 5.11 Å². The van der Waals surface area contributed by atoms with Crippen molar-refractivity contribution in [3.63, 3.8) is 0 Å². The van der Waals surface area contributed by atoms with Gasteiger partial charge in [0.15, 0.2) is 25.0 Å². The normalized spacial score (nSPS) is 28.5. The van der Waals surface area contributed by atoms with E-state index in [0.717, 1.165) is 0 Å². The van der Waals surface area contributed by atoms with Gasteiger partial charge in [0, 0.05) is 12.8 Å². The standard InChI is InChI=1S/C21H48O4Si3/c1-20(2,3)27(10,11)23-17-14-16(22)15-18(19(17)25-26(7,8)9)24-28(12,13)21(4,5)6/h16-19,22H,14-15H2,1-13H3/t16?,17-,18-,19?/m1/s1. The molecule has 1 N–H and O–H groups in total. The molecule has 0 saturated heterocycles. The summed E-state index contributed by atoms with van der Waals surface area (Å²) in [5, 5.41) is 10.9. The lowest BCUT2D eigenvalue weighted by Gasteiger charge is -2.50. The molecule has 1 aliphatic rings. The fourth-order valence-electron chi connectivity index (χ4n) is 3.04. The molecule has 0 amide bonds. The van der Waals surface area contributed by atoms with Crippen molar-refractivity contribution in [2.45, 2.75) is 135 Å². The Morgan fingerprint density at radius 1 is 0.643 bits per heavy atom. The number of rotatable bonds is 6. The van der Waals surface area contributed by atoms with Gasteiger partial charge >= 0.3 is 0 Å². The second kappa shape index (κ2) is 8.55. The monoisotopic (exact) mass is 448 g/mol. The molecule has 0 heterocycles. The van der Waals surface area contributed by atoms with E-state index in [1.54, 1.807) is 0 Å². The molecule has 2 atom stereocenters. The molecule has 0 aliphatic heterocycles. The average molecular weight is 449 g/mol. The third-order valence-electron chi connectivity index (χ3n) is 6.74. The van der Waals surface area contributed by atoms with Crippen molar-refractivity contribution < 1.29 is 18.4 Å². The molecule has 0 spiro atoms. The van der Waals surface area contributed by atoms with E-state index in [1.165, 1.54) is 0 Å². The second-order valence-corrected chi connectivity index (χ2v) is 26.6. The molecule has 28 heavy (non-hydrogen) atoms. The van der Waals surface area contributed by atoms with E-state index in [1.807, 2.05) is 0 Å². The van der Waals surface area contributed by atoms with Gasteiger partial charge in [0.25, 0.3) is 0 Å². The SMILES string of the molecule is CC(C)(C)[Si](C)(C)O[C@@H]1CC(O)C[C@@H](O[Si](C)(C)C(C)(C)C)C1O[Si](C)(C)C. The summed E-state index contributed by atoms with van der Waals surface area (Å²) in [6.45, 7) is 29.4. The molecule has 1 saturated carbocycles. The summed E-state index contributed by atoms with van der Waals surface area (Å²) in [7, 11) is -5.77. The third kappa shape index (κ3) is 7.03. The molecule has 1 fully saturated rings. The lowest BCUT2D eigenvalue weighted by molar-refractivity contribution is -0.0985. The first-order valence-corrected chi connectivity index (χ1v) is 20.1. The molecule has 0 unspecified atom stereocenters. The number of aliphatic hydroxyl groups excluding tert-OH is 1. The predicted molar refractivity (Wildman–Crippen MR) is 128 cm³/mol. The van der Waals surface area contributed by atoms with Crippen LogP contribution in [0, 0.1) is 0 Å². The topological polar surface area (TPSA) is 47.9 Å². The highest BCUT2D eigenvalue weighted by Gasteiger charge is 2.49. The van der Waals surface area contributed by atoms with Gasteiger partial charge in [-0.05, 0) is 55.9 Å². The Morgan fingerprint density at radius 3 is 1.21 bits per heavy atom. The highest BCUT2D eigenvalue weighted by atomic mass is 28.4. The van der Waals surface area contributed by atoms with Crippen molar-refractivity contribution in [1.29, 1.82) is 0 Å². The summed E-state index contributed by atoms with van der Waals surface area (Å²) < 4.78 is 20.3. The van der Waals surface area contributed by atoms with Crippen molar-refractivity contribution in [3.05, 3.63) is 0 Å². The van der Waals surface area contributed by atoms with E-state index in [2.05, 4.69) is 87.4 Å². The predicted octanol–water partition coefficient (Wildman–Crippen LogP) is 6.14. The minimum Gasteiger partial charge on any atom is -0.411 e. The molecule has 168 valence electrons. The highest BCUT2D eigenvalue weighted by Crippen LogP contribution is 2.43. The molecule has 1 aliphatic carbocycles. The quantitative estimate of drug-likeness (QED) is 0.496. The van der Waals surface area contributed by atoms with Gasteiger partial charge in [-0.2, -0.15) is 0 Å². The first-order chi connectivity index (χ1) is 12.2. The Bertz CT molecular complexity index is 477. The smallest absolute Gasteiger partial charge is 0.192 e. The van der Waals surface area contributed by atoms with Crippen LogP contribution in [0.3, 0.4) is 0 Å². The van der Waals surface area contributed by atoms with Crippen molar-refractivity contribution in [1.82, 2.24) is 0 Å². The summed E-state index contributed by atoms with van der Waals surface area (Å²) in [5.74, 6) is 0. The maximum atomic E-state index is 10.7. The first-order valence-electron chi connectivity index (χ1n) is 10.9. The fraction of sp³-hybridized carbons (Fsp3) is 1.00. The van der Waals surface area contributed by atoms with Crippen LogP contribution in [0.15, 0.2) is 0 Å². The molecule has 7 heteroatoms. The summed E-state index contributed by atoms with van der Waals surface area (Å²) in [5.41, 5.74) is 0. The minimum absolute atomic E-state index is 0.0988. The molecular formula is C21H48O4Si3. The fourth-order valence-corrected chi connectivity index (χ4v) is 6.84. The summed E-state index contributed by atoms with van der Waals surface area (Å²) >= 11 is 0. The van der Waals surface area contributed by atoms with Crippen LogP contribution >= 0.6 is 0 Å². The van der Waals surface area contributed by atoms with Crippen LogP contribution in [-0.4, -0.2) is 54.5 Å². The first kappa shape index (κ1) is 26.5. The van der Waals surface area contributed by atoms with E-state index in [0.29, 0.717) is 12.8 Å². The van der Waals surface area contributed by atoms with E-state index in [-0.39, 0.29) is 28.4 Å². The molecule has 0 aromatic carbocycles. The van der Waals surface area contributed by atoms with Crippen molar-refractivity contribution in [3.8, 4) is 0 Å². The minimum atomic E-state index is -1.98. The maximum Gasteiger partial charge on any atom is 0.192 e. The molecule has 0 bridgehead atoms. The van der Waals surface area contributed by atoms with Crippen LogP contribution in [0.2, 0.25) is 55.9 Å². The van der Waals surface area contributed by atoms with Crippen molar-refractivity contribution in [2.24, 2.45) is 0 Å². The third-order valence-corrected chi connectivity index (χ3v) is 16.7. The van der Waals surface area contributed by atoms with Gasteiger partial charge in [-0.3, -0.25) is 0 Å². The van der Waals surface area contributed by atoms with Gasteiger partial charge in [-0.1, -0.05) is 41.5 Å². The zero-order valence-corrected chi connectivity index (χ0v) is 23.9. The second-order valence-electron chi connectivity index (χ2n) is 12.7. The van der Waals surface area contributed by atoms with Gasteiger partial charge in [0.05, 0.1) is 24.4 Å². The summed E-state index contributed by atoms with van der Waals surface area (Å²) in [6.07, 6.45) is 0.569. The van der Waals surface area contributed by atoms with Crippen LogP contribution in [0.4, 0.5) is 0 Å². The van der Waals surface area contributed by atoms with Crippen molar-refractivity contribution in [2.75, 3.05) is 0 Å². The van der Waals surface area contributed by atoms with Gasteiger partial charge < -0.3 is 18.4 Å². The Labute approximate surface area is 178 Å². The highest BCUT2D eigenvalue weighted by molar-refractivity contribution is 6.74. The molecule has 0 aromatic rings. The molecule has 0 aromatic heterocycles. The number of aliphatic hydroxyl groups is 1. The van der Waals surface area contributed by atoms with Crippen molar-refractivity contribution >= 4 is 25.0 Å². The van der Waals surface area contributed by atoms with Crippen LogP contribution in [-0.2, 0) is 13.3 Å². The zero-order chi connectivity index (χ0) is 22.3. The lowest BCUT2D eigenvalue weighted by atomic mass is 9.90. The van der Waals surface area contributed by atoms with Gasteiger partial charge in [0.1, 0.15) is 0 Å². The average Bonchev–Trinajstić information content (AvgIpc) is 2.38. The lowest BCUT2D eigenvalue weighted by Crippen LogP contribution is -2.60. The molecular weight excluding hydrogens is 400 g/mol. The molecule has 4 nitrogen and oxygen atoms in total. The Balaban J connectivity index is 3.23. The zero-order valence-electron chi connectivity index (χ0n) is 20.9. The van der Waals surface area contributed by atoms with Gasteiger partial charge in [0.2, 0.25) is 0 Å². The van der Waals surface area contributed by atoms with E-state index >= 15 is 0 Å². The summed E-state index contributed by atoms with van der Waals surface area (Å²) in [4.78, 5) is 0. The number of hydrogen-bond donors (Lipinski definition) is 1. The maximum absolute atomic E-state index is 10.7. The Morgan fingerprint density at radius 2 is 0.964 bits per heavy atom. The van der Waals surface area contributed by atoms with E-state index < -0.39 is 31.1 Å². The Hall–Kier alpha value is 0.491. The Kier molecular flexibility index (Phi) is 8.10. The van der Waals surface area contributed by atoms with E-state index in [4.69, 9.17) is 13.3 Å². The van der Waals surface area contributed by atoms with Crippen LogP contribution in [0.5, 0.6) is 0 Å². The van der Waals surface area contributed by atoms with Gasteiger partial charge in [-0.15, -0.1) is 0 Å². The molecule has 0 radical (unpaired) electrons. The number of hydrogen-bond acceptors (Lipinski definition) is 4. The largest absolute Gasteiger partial charge is 0.411 e. The van der Waals surface area contributed by atoms with Crippen LogP contribution < -0.4 is 0 Å². The van der Waals surface area contributed by atoms with Crippen LogP contribution in [0.1, 0.15) is 54.4 Å². The molecule has 1 rings (SSSR count). The van der Waals surface area contributed by atoms with Crippen LogP contribution in [0.25, 0.3) is 0 Å². The summed E-state index contributed by atoms with van der Waals surface area (Å²) in [6, 6.07) is 0. The van der Waals surface area contributed by atoms with Gasteiger partial charge in [-0.25, -0.2) is 0 Å².